The third-order valence-electron chi connectivity index (χ3n) is 4.24. The molecule has 0 N–H and O–H groups in total. The Hall–Kier alpha value is -3.82. The highest BCUT2D eigenvalue weighted by atomic mass is 35.5. The molecule has 0 atom stereocenters. The van der Waals surface area contributed by atoms with Gasteiger partial charge < -0.3 is 0 Å². The van der Waals surface area contributed by atoms with Gasteiger partial charge in [-0.3, -0.25) is 9.36 Å². The van der Waals surface area contributed by atoms with Crippen molar-refractivity contribution in [2.45, 2.75) is 0 Å². The molecular weight excluding hydrogens is 391 g/mol. The fourth-order valence-electron chi connectivity index (χ4n) is 2.92. The average Bonchev–Trinajstić information content (AvgIpc) is 2.74. The molecule has 0 saturated carbocycles. The fraction of sp³-hybridized carbons (Fsp3) is 0. The van der Waals surface area contributed by atoms with Crippen LogP contribution in [0.3, 0.4) is 0 Å². The van der Waals surface area contributed by atoms with Gasteiger partial charge in [0.25, 0.3) is 5.56 Å². The van der Waals surface area contributed by atoms with Crippen molar-refractivity contribution in [1.82, 2.24) is 14.5 Å². The summed E-state index contributed by atoms with van der Waals surface area (Å²) in [4.78, 5) is 21.9. The largest absolute Gasteiger partial charge is 0.268 e. The van der Waals surface area contributed by atoms with Crippen molar-refractivity contribution in [3.63, 3.8) is 0 Å². The molecule has 0 radical (unpaired) electrons. The second kappa shape index (κ2) is 7.66. The third-order valence-corrected chi connectivity index (χ3v) is 4.56. The van der Waals surface area contributed by atoms with E-state index in [-0.39, 0.29) is 11.1 Å². The summed E-state index contributed by atoms with van der Waals surface area (Å²) in [5.74, 6) is -0.228. The molecular formula is C22H12ClFN4O. The number of hydrogen-bond donors (Lipinski definition) is 0. The molecule has 5 nitrogen and oxygen atoms in total. The Morgan fingerprint density at radius 2 is 1.86 bits per heavy atom. The smallest absolute Gasteiger partial charge is 0.266 e. The molecule has 4 aromatic rings. The van der Waals surface area contributed by atoms with Gasteiger partial charge in [-0.05, 0) is 54.6 Å². The van der Waals surface area contributed by atoms with Crippen LogP contribution in [0.1, 0.15) is 17.2 Å². The molecule has 0 spiro atoms. The van der Waals surface area contributed by atoms with Gasteiger partial charge in [-0.25, -0.2) is 14.4 Å². The van der Waals surface area contributed by atoms with Crippen LogP contribution in [0.2, 0.25) is 5.02 Å². The lowest BCUT2D eigenvalue weighted by Gasteiger charge is -2.12. The topological polar surface area (TPSA) is 71.6 Å². The first-order valence-corrected chi connectivity index (χ1v) is 8.97. The van der Waals surface area contributed by atoms with Gasteiger partial charge in [0.1, 0.15) is 23.4 Å². The zero-order chi connectivity index (χ0) is 20.4. The van der Waals surface area contributed by atoms with Crippen molar-refractivity contribution < 1.29 is 4.39 Å². The first kappa shape index (κ1) is 18.5. The summed E-state index contributed by atoms with van der Waals surface area (Å²) in [5.41, 5.74) is 1.15. The zero-order valence-corrected chi connectivity index (χ0v) is 15.6. The van der Waals surface area contributed by atoms with Crippen molar-refractivity contribution in [3.05, 3.63) is 99.1 Å². The molecule has 0 saturated heterocycles. The summed E-state index contributed by atoms with van der Waals surface area (Å²) in [6.07, 6.45) is 3.25. The number of aromatic nitrogens is 3. The molecule has 0 amide bonds. The summed E-state index contributed by atoms with van der Waals surface area (Å²) in [7, 11) is 0. The van der Waals surface area contributed by atoms with E-state index in [1.54, 1.807) is 54.6 Å². The second-order valence-corrected chi connectivity index (χ2v) is 6.52. The summed E-state index contributed by atoms with van der Waals surface area (Å²) >= 11 is 6.31. The van der Waals surface area contributed by atoms with E-state index < -0.39 is 11.4 Å². The molecule has 7 heteroatoms. The summed E-state index contributed by atoms with van der Waals surface area (Å²) < 4.78 is 15.0. The monoisotopic (exact) mass is 402 g/mol. The molecule has 140 valence electrons. The van der Waals surface area contributed by atoms with Crippen LogP contribution in [-0.4, -0.2) is 14.5 Å². The normalized spacial score (nSPS) is 11.1. The van der Waals surface area contributed by atoms with Crippen LogP contribution in [0.25, 0.3) is 28.7 Å². The Kier molecular flexibility index (Phi) is 4.90. The summed E-state index contributed by atoms with van der Waals surface area (Å²) in [6, 6.07) is 17.7. The summed E-state index contributed by atoms with van der Waals surface area (Å²) in [5, 5.41) is 9.51. The van der Waals surface area contributed by atoms with Crippen LogP contribution in [-0.2, 0) is 0 Å². The minimum Gasteiger partial charge on any atom is -0.268 e. The maximum Gasteiger partial charge on any atom is 0.266 e. The predicted octanol–water partition coefficient (Wildman–Crippen LogP) is 4.62. The van der Waals surface area contributed by atoms with E-state index >= 15 is 0 Å². The van der Waals surface area contributed by atoms with Crippen molar-refractivity contribution in [1.29, 1.82) is 5.26 Å². The van der Waals surface area contributed by atoms with Gasteiger partial charge >= 0.3 is 0 Å². The Morgan fingerprint density at radius 1 is 1.03 bits per heavy atom. The van der Waals surface area contributed by atoms with Crippen LogP contribution >= 0.6 is 11.6 Å². The van der Waals surface area contributed by atoms with E-state index in [0.29, 0.717) is 27.7 Å². The van der Waals surface area contributed by atoms with E-state index in [4.69, 9.17) is 16.9 Å². The highest BCUT2D eigenvalue weighted by molar-refractivity contribution is 6.32. The lowest BCUT2D eigenvalue weighted by atomic mass is 10.2. The lowest BCUT2D eigenvalue weighted by molar-refractivity contribution is 0.629. The maximum absolute atomic E-state index is 13.7. The second-order valence-electron chi connectivity index (χ2n) is 6.12. The first-order valence-electron chi connectivity index (χ1n) is 8.59. The molecule has 29 heavy (non-hydrogen) atoms. The average molecular weight is 403 g/mol. The van der Waals surface area contributed by atoms with Gasteiger partial charge in [-0.15, -0.1) is 0 Å². The molecule has 0 fully saturated rings. The van der Waals surface area contributed by atoms with E-state index in [1.165, 1.54) is 16.7 Å². The van der Waals surface area contributed by atoms with Crippen LogP contribution < -0.4 is 5.56 Å². The Labute approximate surface area is 170 Å². The molecule has 2 heterocycles. The van der Waals surface area contributed by atoms with Crippen LogP contribution in [0.15, 0.2) is 65.5 Å². The number of pyridine rings is 1. The molecule has 0 bridgehead atoms. The zero-order valence-electron chi connectivity index (χ0n) is 14.9. The molecule has 4 rings (SSSR count). The molecule has 0 unspecified atom stereocenters. The van der Waals surface area contributed by atoms with Crippen LogP contribution in [0.5, 0.6) is 0 Å². The molecule has 0 aliphatic heterocycles. The van der Waals surface area contributed by atoms with Gasteiger partial charge in [0, 0.05) is 0 Å². The molecule has 0 aliphatic rings. The molecule has 2 aromatic carbocycles. The Morgan fingerprint density at radius 3 is 2.66 bits per heavy atom. The third kappa shape index (κ3) is 3.64. The van der Waals surface area contributed by atoms with E-state index in [9.17, 15) is 9.18 Å². The quantitative estimate of drug-likeness (QED) is 0.501. The molecule has 0 aliphatic carbocycles. The number of rotatable bonds is 3. The van der Waals surface area contributed by atoms with Gasteiger partial charge in [-0.2, -0.15) is 5.26 Å². The number of nitrogens with zero attached hydrogens (tertiary/aromatic N) is 4. The minimum atomic E-state index is -0.525. The Balaban J connectivity index is 1.97. The number of fused-ring (bicyclic) bond motifs is 1. The van der Waals surface area contributed by atoms with Crippen LogP contribution in [0, 0.1) is 17.1 Å². The fourth-order valence-corrected chi connectivity index (χ4v) is 3.14. The van der Waals surface area contributed by atoms with Gasteiger partial charge in [0.2, 0.25) is 0 Å². The SMILES string of the molecule is N#Cc1cccc(C=Cc2nc3ccc(F)cc3c(=O)n2-c2ccccc2Cl)n1. The van der Waals surface area contributed by atoms with E-state index in [2.05, 4.69) is 9.97 Å². The van der Waals surface area contributed by atoms with Crippen molar-refractivity contribution in [3.8, 4) is 11.8 Å². The number of nitriles is 1. The number of halogens is 2. The van der Waals surface area contributed by atoms with Gasteiger partial charge in [-0.1, -0.05) is 29.8 Å². The predicted molar refractivity (Wildman–Crippen MR) is 110 cm³/mol. The standard InChI is InChI=1S/C22H12ClFN4O/c23-18-6-1-2-7-20(18)28-21(11-9-15-4-3-5-16(13-25)26-15)27-19-10-8-14(24)12-17(19)22(28)29/h1-12H. The van der Waals surface area contributed by atoms with E-state index in [1.807, 2.05) is 6.07 Å². The van der Waals surface area contributed by atoms with Crippen molar-refractivity contribution in [2.75, 3.05) is 0 Å². The van der Waals surface area contributed by atoms with Crippen molar-refractivity contribution in [2.24, 2.45) is 0 Å². The van der Waals surface area contributed by atoms with Gasteiger partial charge in [0.05, 0.1) is 27.3 Å². The van der Waals surface area contributed by atoms with Crippen LogP contribution in [0.4, 0.5) is 4.39 Å². The number of hydrogen-bond acceptors (Lipinski definition) is 4. The summed E-state index contributed by atoms with van der Waals surface area (Å²) in [6.45, 7) is 0. The van der Waals surface area contributed by atoms with E-state index in [0.717, 1.165) is 6.07 Å². The highest BCUT2D eigenvalue weighted by Gasteiger charge is 2.14. The Bertz CT molecular complexity index is 1370. The minimum absolute atomic E-state index is 0.145. The first-order chi connectivity index (χ1) is 14.1. The van der Waals surface area contributed by atoms with Gasteiger partial charge in [0.15, 0.2) is 0 Å². The number of benzene rings is 2. The van der Waals surface area contributed by atoms with Crippen molar-refractivity contribution >= 4 is 34.7 Å². The lowest BCUT2D eigenvalue weighted by Crippen LogP contribution is -2.22. The molecule has 2 aromatic heterocycles. The number of para-hydroxylation sites is 1. The highest BCUT2D eigenvalue weighted by Crippen LogP contribution is 2.22. The maximum atomic E-state index is 13.7.